The maximum absolute atomic E-state index is 5.93. The zero-order valence-corrected chi connectivity index (χ0v) is 13.9. The third kappa shape index (κ3) is 2.73. The molecule has 0 amide bonds. The molecular formula is C17H23BrN2O. The van der Waals surface area contributed by atoms with Gasteiger partial charge in [0.05, 0.1) is 6.61 Å². The Kier molecular flexibility index (Phi) is 3.94. The maximum atomic E-state index is 5.93. The Labute approximate surface area is 135 Å². The van der Waals surface area contributed by atoms with Crippen molar-refractivity contribution >= 4 is 15.9 Å². The minimum absolute atomic E-state index is 0.446. The van der Waals surface area contributed by atoms with E-state index in [9.17, 15) is 0 Å². The number of hydrogen-bond donors (Lipinski definition) is 1. The van der Waals surface area contributed by atoms with Crippen molar-refractivity contribution in [1.82, 2.24) is 10.2 Å². The predicted molar refractivity (Wildman–Crippen MR) is 87.7 cm³/mol. The van der Waals surface area contributed by atoms with Crippen molar-refractivity contribution < 1.29 is 4.74 Å². The van der Waals surface area contributed by atoms with E-state index in [2.05, 4.69) is 44.3 Å². The highest BCUT2D eigenvalue weighted by molar-refractivity contribution is 9.10. The number of ether oxygens (including phenoxy) is 1. The molecule has 0 radical (unpaired) electrons. The van der Waals surface area contributed by atoms with Gasteiger partial charge in [0.25, 0.3) is 0 Å². The van der Waals surface area contributed by atoms with Gasteiger partial charge in [-0.3, -0.25) is 4.90 Å². The lowest BCUT2D eigenvalue weighted by atomic mass is 9.98. The van der Waals surface area contributed by atoms with E-state index in [1.165, 1.54) is 44.3 Å². The number of nitrogens with zero attached hydrogens (tertiary/aromatic N) is 1. The molecule has 3 nitrogen and oxygen atoms in total. The van der Waals surface area contributed by atoms with Gasteiger partial charge in [-0.25, -0.2) is 0 Å². The van der Waals surface area contributed by atoms with Crippen LogP contribution >= 0.6 is 15.9 Å². The van der Waals surface area contributed by atoms with Crippen molar-refractivity contribution in [2.45, 2.75) is 50.2 Å². The van der Waals surface area contributed by atoms with E-state index < -0.39 is 0 Å². The first-order valence-corrected chi connectivity index (χ1v) is 9.03. The molecule has 114 valence electrons. The molecule has 4 heteroatoms. The monoisotopic (exact) mass is 350 g/mol. The molecule has 0 aromatic heterocycles. The number of hydrogen-bond acceptors (Lipinski definition) is 3. The van der Waals surface area contributed by atoms with Crippen LogP contribution in [0.2, 0.25) is 0 Å². The average molecular weight is 351 g/mol. The summed E-state index contributed by atoms with van der Waals surface area (Å²) in [4.78, 5) is 2.67. The van der Waals surface area contributed by atoms with E-state index in [0.717, 1.165) is 29.3 Å². The van der Waals surface area contributed by atoms with Crippen molar-refractivity contribution in [2.75, 3.05) is 19.7 Å². The Morgan fingerprint density at radius 3 is 3.05 bits per heavy atom. The second-order valence-electron chi connectivity index (χ2n) is 6.53. The normalized spacial score (nSPS) is 32.3. The molecule has 21 heavy (non-hydrogen) atoms. The summed E-state index contributed by atoms with van der Waals surface area (Å²) in [5.41, 5.74) is 1.34. The highest BCUT2D eigenvalue weighted by Gasteiger charge is 2.38. The number of benzene rings is 1. The van der Waals surface area contributed by atoms with Gasteiger partial charge in [-0.05, 0) is 50.8 Å². The molecule has 3 unspecified atom stereocenters. The summed E-state index contributed by atoms with van der Waals surface area (Å²) in [6.07, 6.45) is 6.35. The van der Waals surface area contributed by atoms with Crippen molar-refractivity contribution in [3.63, 3.8) is 0 Å². The van der Waals surface area contributed by atoms with Crippen LogP contribution in [0.4, 0.5) is 0 Å². The van der Waals surface area contributed by atoms with Crippen molar-refractivity contribution in [3.8, 4) is 5.75 Å². The third-order valence-corrected chi connectivity index (χ3v) is 5.76. The van der Waals surface area contributed by atoms with Gasteiger partial charge in [-0.2, -0.15) is 0 Å². The molecule has 1 aromatic rings. The minimum Gasteiger partial charge on any atom is -0.493 e. The summed E-state index contributed by atoms with van der Waals surface area (Å²) in [6, 6.07) is 8.36. The second-order valence-corrected chi connectivity index (χ2v) is 7.45. The standard InChI is InChI=1S/C17H23BrN2O/c18-12-5-6-13-14(3-2-10-21-17(13)11-12)19-15-7-9-20-8-1-4-16(15)20/h5-6,11,14-16,19H,1-4,7-10H2. The predicted octanol–water partition coefficient (Wildman–Crippen LogP) is 3.49. The van der Waals surface area contributed by atoms with E-state index in [1.807, 2.05) is 0 Å². The Balaban J connectivity index is 1.55. The zero-order chi connectivity index (χ0) is 14.2. The molecule has 2 fully saturated rings. The molecule has 4 rings (SSSR count). The average Bonchev–Trinajstić information content (AvgIpc) is 3.02. The van der Waals surface area contributed by atoms with Crippen LogP contribution in [-0.4, -0.2) is 36.7 Å². The van der Waals surface area contributed by atoms with Crippen LogP contribution in [-0.2, 0) is 0 Å². The van der Waals surface area contributed by atoms with Crippen molar-refractivity contribution in [2.24, 2.45) is 0 Å². The lowest BCUT2D eigenvalue weighted by Gasteiger charge is -2.27. The molecule has 1 aromatic carbocycles. The molecule has 0 bridgehead atoms. The lowest BCUT2D eigenvalue weighted by molar-refractivity contribution is 0.284. The lowest BCUT2D eigenvalue weighted by Crippen LogP contribution is -2.41. The summed E-state index contributed by atoms with van der Waals surface area (Å²) in [6.45, 7) is 3.42. The Morgan fingerprint density at radius 2 is 2.10 bits per heavy atom. The van der Waals surface area contributed by atoms with Crippen LogP contribution in [0, 0.1) is 0 Å². The van der Waals surface area contributed by atoms with Gasteiger partial charge in [0, 0.05) is 34.7 Å². The first-order valence-electron chi connectivity index (χ1n) is 8.23. The van der Waals surface area contributed by atoms with Gasteiger partial charge in [0.2, 0.25) is 0 Å². The second kappa shape index (κ2) is 5.90. The van der Waals surface area contributed by atoms with Gasteiger partial charge in [0.15, 0.2) is 0 Å². The molecular weight excluding hydrogens is 328 g/mol. The fraction of sp³-hybridized carbons (Fsp3) is 0.647. The Hall–Kier alpha value is -0.580. The van der Waals surface area contributed by atoms with E-state index in [0.29, 0.717) is 12.1 Å². The number of nitrogens with one attached hydrogen (secondary N) is 1. The molecule has 1 N–H and O–H groups in total. The molecule has 0 saturated carbocycles. The van der Waals surface area contributed by atoms with Gasteiger partial charge < -0.3 is 10.1 Å². The SMILES string of the molecule is Brc1ccc2c(c1)OCCCC2NC1CCN2CCCC12. The quantitative estimate of drug-likeness (QED) is 0.883. The number of rotatable bonds is 2. The van der Waals surface area contributed by atoms with Crippen LogP contribution < -0.4 is 10.1 Å². The van der Waals surface area contributed by atoms with E-state index in [4.69, 9.17) is 4.74 Å². The molecule has 3 atom stereocenters. The van der Waals surface area contributed by atoms with Crippen LogP contribution in [0.1, 0.15) is 43.7 Å². The van der Waals surface area contributed by atoms with Gasteiger partial charge >= 0.3 is 0 Å². The van der Waals surface area contributed by atoms with Crippen LogP contribution in [0.25, 0.3) is 0 Å². The molecule has 3 aliphatic heterocycles. The zero-order valence-electron chi connectivity index (χ0n) is 12.4. The van der Waals surface area contributed by atoms with Gasteiger partial charge in [-0.1, -0.05) is 22.0 Å². The maximum Gasteiger partial charge on any atom is 0.125 e. The molecule has 0 aliphatic carbocycles. The Bertz CT molecular complexity index is 522. The highest BCUT2D eigenvalue weighted by Crippen LogP contribution is 2.36. The molecule has 2 saturated heterocycles. The first kappa shape index (κ1) is 14.0. The summed E-state index contributed by atoms with van der Waals surface area (Å²) in [5.74, 6) is 1.06. The molecule has 3 heterocycles. The summed E-state index contributed by atoms with van der Waals surface area (Å²) in [7, 11) is 0. The Morgan fingerprint density at radius 1 is 1.14 bits per heavy atom. The topological polar surface area (TPSA) is 24.5 Å². The van der Waals surface area contributed by atoms with Crippen LogP contribution in [0.3, 0.4) is 0 Å². The van der Waals surface area contributed by atoms with E-state index in [-0.39, 0.29) is 0 Å². The van der Waals surface area contributed by atoms with Crippen LogP contribution in [0.15, 0.2) is 22.7 Å². The first-order chi connectivity index (χ1) is 10.3. The smallest absolute Gasteiger partial charge is 0.125 e. The third-order valence-electron chi connectivity index (χ3n) is 5.27. The fourth-order valence-electron chi connectivity index (χ4n) is 4.25. The largest absolute Gasteiger partial charge is 0.493 e. The highest BCUT2D eigenvalue weighted by atomic mass is 79.9. The fourth-order valence-corrected chi connectivity index (χ4v) is 4.59. The minimum atomic E-state index is 0.446. The molecule has 0 spiro atoms. The van der Waals surface area contributed by atoms with Crippen molar-refractivity contribution in [1.29, 1.82) is 0 Å². The molecule has 3 aliphatic rings. The van der Waals surface area contributed by atoms with E-state index in [1.54, 1.807) is 0 Å². The van der Waals surface area contributed by atoms with Crippen molar-refractivity contribution in [3.05, 3.63) is 28.2 Å². The summed E-state index contributed by atoms with van der Waals surface area (Å²) in [5, 5.41) is 3.97. The summed E-state index contributed by atoms with van der Waals surface area (Å²) >= 11 is 3.55. The number of halogens is 1. The van der Waals surface area contributed by atoms with Gasteiger partial charge in [-0.15, -0.1) is 0 Å². The van der Waals surface area contributed by atoms with E-state index >= 15 is 0 Å². The summed E-state index contributed by atoms with van der Waals surface area (Å²) < 4.78 is 7.03. The number of fused-ring (bicyclic) bond motifs is 2. The van der Waals surface area contributed by atoms with Crippen LogP contribution in [0.5, 0.6) is 5.75 Å². The van der Waals surface area contributed by atoms with Gasteiger partial charge in [0.1, 0.15) is 5.75 Å².